The van der Waals surface area contributed by atoms with Crippen LogP contribution in [0.5, 0.6) is 0 Å². The summed E-state index contributed by atoms with van der Waals surface area (Å²) in [5.74, 6) is 0.156. The number of nitrogens with one attached hydrogen (secondary N) is 1. The lowest BCUT2D eigenvalue weighted by atomic mass is 9.93. The van der Waals surface area contributed by atoms with Gasteiger partial charge in [0.05, 0.1) is 17.5 Å². The number of carbonyl (C=O) groups excluding carboxylic acids is 1. The van der Waals surface area contributed by atoms with Crippen LogP contribution in [0.25, 0.3) is 0 Å². The maximum absolute atomic E-state index is 12.2. The molecule has 2 rings (SSSR count). The zero-order valence-electron chi connectivity index (χ0n) is 11.3. The zero-order chi connectivity index (χ0) is 14.2. The highest BCUT2D eigenvalue weighted by atomic mass is 32.2. The monoisotopic (exact) mass is 282 g/mol. The number of Topliss-reactive ketones (excluding diaryl/α,β-unsaturated/α-hetero) is 1. The third kappa shape index (κ3) is 2.86. The molecular weight excluding hydrogens is 264 g/mol. The lowest BCUT2D eigenvalue weighted by Crippen LogP contribution is -2.65. The maximum atomic E-state index is 12.2. The Bertz CT molecular complexity index is 578. The highest BCUT2D eigenvalue weighted by Gasteiger charge is 2.41. The summed E-state index contributed by atoms with van der Waals surface area (Å²) in [6, 6.07) is 6.25. The van der Waals surface area contributed by atoms with Gasteiger partial charge in [-0.15, -0.1) is 4.83 Å². The Hall–Kier alpha value is -1.24. The van der Waals surface area contributed by atoms with Gasteiger partial charge in [0.25, 0.3) is 10.0 Å². The van der Waals surface area contributed by atoms with E-state index in [-0.39, 0.29) is 29.2 Å². The maximum Gasteiger partial charge on any atom is 0.253 e. The van der Waals surface area contributed by atoms with E-state index in [1.165, 1.54) is 5.01 Å². The first kappa shape index (κ1) is 14.2. The van der Waals surface area contributed by atoms with Gasteiger partial charge in [-0.3, -0.25) is 4.79 Å². The second-order valence-corrected chi connectivity index (χ2v) is 6.85. The highest BCUT2D eigenvalue weighted by Crippen LogP contribution is 2.21. The first-order chi connectivity index (χ1) is 8.81. The van der Waals surface area contributed by atoms with E-state index in [0.29, 0.717) is 0 Å². The van der Waals surface area contributed by atoms with Gasteiger partial charge in [-0.25, -0.2) is 13.4 Å². The lowest BCUT2D eigenvalue weighted by Gasteiger charge is -2.40. The summed E-state index contributed by atoms with van der Waals surface area (Å²) in [6.07, 6.45) is 0. The van der Waals surface area contributed by atoms with Crippen LogP contribution >= 0.6 is 0 Å². The summed E-state index contributed by atoms with van der Waals surface area (Å²) in [5.41, 5.74) is 0.998. The van der Waals surface area contributed by atoms with Crippen molar-refractivity contribution in [1.29, 1.82) is 0 Å². The topological polar surface area (TPSA) is 66.5 Å². The van der Waals surface area contributed by atoms with Crippen LogP contribution in [-0.2, 0) is 14.8 Å². The standard InChI is InChI=1S/C13H18N2O3S/c1-9(2)13-12(16)8-15(13)14-19(17,18)11-6-4-10(3)5-7-11/h4-7,9,13-14H,8H2,1-3H3. The number of hydrogen-bond donors (Lipinski definition) is 1. The van der Waals surface area contributed by atoms with Gasteiger partial charge in [0.1, 0.15) is 0 Å². The van der Waals surface area contributed by atoms with Gasteiger partial charge in [-0.2, -0.15) is 0 Å². The molecule has 1 aliphatic heterocycles. The van der Waals surface area contributed by atoms with Crippen molar-refractivity contribution >= 4 is 15.8 Å². The highest BCUT2D eigenvalue weighted by molar-refractivity contribution is 7.89. The van der Waals surface area contributed by atoms with E-state index >= 15 is 0 Å². The number of rotatable bonds is 4. The molecule has 19 heavy (non-hydrogen) atoms. The van der Waals surface area contributed by atoms with Crippen LogP contribution < -0.4 is 4.83 Å². The summed E-state index contributed by atoms with van der Waals surface area (Å²) in [6.45, 7) is 5.82. The molecule has 0 amide bonds. The molecule has 5 nitrogen and oxygen atoms in total. The third-order valence-electron chi connectivity index (χ3n) is 3.19. The molecular formula is C13H18N2O3S. The van der Waals surface area contributed by atoms with E-state index in [1.54, 1.807) is 24.3 Å². The van der Waals surface area contributed by atoms with Crippen molar-refractivity contribution in [1.82, 2.24) is 9.84 Å². The normalized spacial score (nSPS) is 20.6. The van der Waals surface area contributed by atoms with Crippen LogP contribution in [0.4, 0.5) is 0 Å². The Kier molecular flexibility index (Phi) is 3.75. The van der Waals surface area contributed by atoms with Crippen LogP contribution in [-0.4, -0.2) is 31.8 Å². The Balaban J connectivity index is 2.14. The van der Waals surface area contributed by atoms with E-state index < -0.39 is 10.0 Å². The van der Waals surface area contributed by atoms with Crippen molar-refractivity contribution in [3.05, 3.63) is 29.8 Å². The molecule has 1 aliphatic rings. The van der Waals surface area contributed by atoms with E-state index in [4.69, 9.17) is 0 Å². The van der Waals surface area contributed by atoms with Crippen molar-refractivity contribution < 1.29 is 13.2 Å². The van der Waals surface area contributed by atoms with Crippen molar-refractivity contribution in [2.45, 2.75) is 31.7 Å². The lowest BCUT2D eigenvalue weighted by molar-refractivity contribution is -0.140. The molecule has 6 heteroatoms. The minimum atomic E-state index is -3.60. The smallest absolute Gasteiger partial charge is 0.253 e. The fraction of sp³-hybridized carbons (Fsp3) is 0.462. The summed E-state index contributed by atoms with van der Waals surface area (Å²) in [5, 5.41) is 1.49. The van der Waals surface area contributed by atoms with Crippen LogP contribution in [0.15, 0.2) is 29.2 Å². The predicted octanol–water partition coefficient (Wildman–Crippen LogP) is 1.10. The number of carbonyl (C=O) groups is 1. The minimum Gasteiger partial charge on any atom is -0.296 e. The van der Waals surface area contributed by atoms with Gasteiger partial charge in [0, 0.05) is 0 Å². The van der Waals surface area contributed by atoms with Crippen molar-refractivity contribution in [3.8, 4) is 0 Å². The molecule has 1 aromatic rings. The third-order valence-corrected chi connectivity index (χ3v) is 4.56. The summed E-state index contributed by atoms with van der Waals surface area (Å²) in [4.78, 5) is 14.2. The number of nitrogens with zero attached hydrogens (tertiary/aromatic N) is 1. The molecule has 0 spiro atoms. The molecule has 0 radical (unpaired) electrons. The molecule has 1 N–H and O–H groups in total. The fourth-order valence-corrected chi connectivity index (χ4v) is 3.25. The first-order valence-corrected chi connectivity index (χ1v) is 7.68. The number of aryl methyl sites for hydroxylation is 1. The Morgan fingerprint density at radius 1 is 1.26 bits per heavy atom. The van der Waals surface area contributed by atoms with Crippen molar-refractivity contribution in [3.63, 3.8) is 0 Å². The number of sulfonamides is 1. The van der Waals surface area contributed by atoms with Gasteiger partial charge < -0.3 is 0 Å². The quantitative estimate of drug-likeness (QED) is 0.898. The van der Waals surface area contributed by atoms with Crippen LogP contribution in [0.1, 0.15) is 19.4 Å². The van der Waals surface area contributed by atoms with Crippen LogP contribution in [0.3, 0.4) is 0 Å². The molecule has 1 aromatic carbocycles. The van der Waals surface area contributed by atoms with E-state index in [1.807, 2.05) is 20.8 Å². The first-order valence-electron chi connectivity index (χ1n) is 6.20. The second-order valence-electron chi connectivity index (χ2n) is 5.19. The number of benzene rings is 1. The Morgan fingerprint density at radius 3 is 2.32 bits per heavy atom. The van der Waals surface area contributed by atoms with Gasteiger partial charge in [-0.05, 0) is 25.0 Å². The average molecular weight is 282 g/mol. The largest absolute Gasteiger partial charge is 0.296 e. The molecule has 1 fully saturated rings. The van der Waals surface area contributed by atoms with E-state index in [9.17, 15) is 13.2 Å². The molecule has 0 saturated carbocycles. The Labute approximate surface area is 113 Å². The van der Waals surface area contributed by atoms with Gasteiger partial charge in [0.2, 0.25) is 0 Å². The average Bonchev–Trinajstić information content (AvgIpc) is 2.27. The van der Waals surface area contributed by atoms with Gasteiger partial charge in [0.15, 0.2) is 5.78 Å². The van der Waals surface area contributed by atoms with Gasteiger partial charge >= 0.3 is 0 Å². The minimum absolute atomic E-state index is 0.0709. The van der Waals surface area contributed by atoms with E-state index in [2.05, 4.69) is 4.83 Å². The molecule has 0 aromatic heterocycles. The number of hydrazine groups is 1. The van der Waals surface area contributed by atoms with Crippen LogP contribution in [0, 0.1) is 12.8 Å². The van der Waals surface area contributed by atoms with Gasteiger partial charge in [-0.1, -0.05) is 31.5 Å². The van der Waals surface area contributed by atoms with E-state index in [0.717, 1.165) is 5.56 Å². The molecule has 104 valence electrons. The summed E-state index contributed by atoms with van der Waals surface area (Å²) >= 11 is 0. The molecule has 0 aliphatic carbocycles. The molecule has 1 heterocycles. The van der Waals surface area contributed by atoms with Crippen LogP contribution in [0.2, 0.25) is 0 Å². The zero-order valence-corrected chi connectivity index (χ0v) is 12.1. The number of hydrogen-bond acceptors (Lipinski definition) is 4. The van der Waals surface area contributed by atoms with Crippen molar-refractivity contribution in [2.75, 3.05) is 6.54 Å². The molecule has 0 bridgehead atoms. The Morgan fingerprint density at radius 2 is 1.84 bits per heavy atom. The molecule has 1 unspecified atom stereocenters. The summed E-state index contributed by atoms with van der Waals surface area (Å²) in [7, 11) is -3.60. The predicted molar refractivity (Wildman–Crippen MR) is 71.8 cm³/mol. The number of ketones is 1. The second kappa shape index (κ2) is 5.03. The molecule has 1 saturated heterocycles. The SMILES string of the molecule is Cc1ccc(S(=O)(=O)NN2CC(=O)C2C(C)C)cc1. The molecule has 1 atom stereocenters. The fourth-order valence-electron chi connectivity index (χ4n) is 2.17. The summed E-state index contributed by atoms with van der Waals surface area (Å²) < 4.78 is 24.3. The van der Waals surface area contributed by atoms with Crippen molar-refractivity contribution in [2.24, 2.45) is 5.92 Å².